The second kappa shape index (κ2) is 5.81. The van der Waals surface area contributed by atoms with Crippen molar-refractivity contribution in [3.63, 3.8) is 0 Å². The summed E-state index contributed by atoms with van der Waals surface area (Å²) in [6, 6.07) is 0. The molecule has 2 heterocycles. The van der Waals surface area contributed by atoms with Crippen molar-refractivity contribution in [3.8, 4) is 0 Å². The number of hydrogen-bond acceptors (Lipinski definition) is 5. The van der Waals surface area contributed by atoms with Crippen molar-refractivity contribution in [1.82, 2.24) is 5.32 Å². The molecule has 100 valence electrons. The first-order valence-corrected chi connectivity index (χ1v) is 6.02. The van der Waals surface area contributed by atoms with Gasteiger partial charge in [-0.25, -0.2) is 4.79 Å². The second-order valence-electron chi connectivity index (χ2n) is 4.36. The van der Waals surface area contributed by atoms with Crippen molar-refractivity contribution in [2.24, 2.45) is 5.16 Å². The van der Waals surface area contributed by atoms with E-state index in [1.807, 2.05) is 0 Å². The number of ether oxygens (including phenoxy) is 1. The maximum atomic E-state index is 11.6. The largest absolute Gasteiger partial charge is 0.477 e. The number of rotatable bonds is 5. The minimum Gasteiger partial charge on any atom is -0.477 e. The average molecular weight is 256 g/mol. The molecule has 2 aliphatic rings. The lowest BCUT2D eigenvalue weighted by molar-refractivity contribution is -0.131. The van der Waals surface area contributed by atoms with Crippen LogP contribution in [0.4, 0.5) is 0 Å². The predicted octanol–water partition coefficient (Wildman–Crippen LogP) is -0.0988. The molecule has 1 fully saturated rings. The fourth-order valence-corrected chi connectivity index (χ4v) is 1.99. The lowest BCUT2D eigenvalue weighted by Crippen LogP contribution is -2.36. The molecule has 7 nitrogen and oxygen atoms in total. The van der Waals surface area contributed by atoms with Gasteiger partial charge in [-0.05, 0) is 19.3 Å². The third-order valence-corrected chi connectivity index (χ3v) is 3.00. The van der Waals surface area contributed by atoms with Crippen LogP contribution in [0.25, 0.3) is 0 Å². The fourth-order valence-electron chi connectivity index (χ4n) is 1.99. The number of amides is 1. The van der Waals surface area contributed by atoms with Gasteiger partial charge < -0.3 is 20.0 Å². The summed E-state index contributed by atoms with van der Waals surface area (Å²) >= 11 is 0. The number of carboxylic acids is 1. The van der Waals surface area contributed by atoms with Gasteiger partial charge in [-0.2, -0.15) is 0 Å². The number of carbonyl (C=O) groups is 2. The number of nitrogens with zero attached hydrogens (tertiary/aromatic N) is 1. The van der Waals surface area contributed by atoms with Crippen molar-refractivity contribution in [2.45, 2.75) is 37.9 Å². The van der Waals surface area contributed by atoms with Crippen LogP contribution in [0.1, 0.15) is 25.7 Å². The van der Waals surface area contributed by atoms with Gasteiger partial charge in [-0.15, -0.1) is 0 Å². The molecule has 0 aromatic rings. The summed E-state index contributed by atoms with van der Waals surface area (Å²) in [5.41, 5.74) is -0.116. The van der Waals surface area contributed by atoms with Gasteiger partial charge in [0.15, 0.2) is 5.71 Å². The highest BCUT2D eigenvalue weighted by atomic mass is 16.6. The van der Waals surface area contributed by atoms with Crippen LogP contribution < -0.4 is 5.32 Å². The van der Waals surface area contributed by atoms with Crippen LogP contribution in [0.15, 0.2) is 5.16 Å². The van der Waals surface area contributed by atoms with Gasteiger partial charge >= 0.3 is 5.97 Å². The molecular weight excluding hydrogens is 240 g/mol. The Hall–Kier alpha value is -1.63. The summed E-state index contributed by atoms with van der Waals surface area (Å²) in [6.45, 7) is 1.30. The molecule has 0 saturated carbocycles. The van der Waals surface area contributed by atoms with Crippen LogP contribution in [0.5, 0.6) is 0 Å². The van der Waals surface area contributed by atoms with Crippen molar-refractivity contribution in [2.75, 3.05) is 13.2 Å². The average Bonchev–Trinajstić information content (AvgIpc) is 2.99. The summed E-state index contributed by atoms with van der Waals surface area (Å²) < 4.78 is 5.43. The standard InChI is InChI=1S/C11H16N2O5/c14-10(9-6-8(11(15)16)13-18-9)12-4-3-7-2-1-5-17-7/h7,9H,1-6H2,(H,12,14)(H,15,16). The molecule has 18 heavy (non-hydrogen) atoms. The van der Waals surface area contributed by atoms with Gasteiger partial charge in [0, 0.05) is 19.6 Å². The molecule has 0 bridgehead atoms. The number of carbonyl (C=O) groups excluding carboxylic acids is 1. The Morgan fingerprint density at radius 3 is 2.94 bits per heavy atom. The zero-order chi connectivity index (χ0) is 13.0. The van der Waals surface area contributed by atoms with Gasteiger partial charge in [0.05, 0.1) is 6.10 Å². The van der Waals surface area contributed by atoms with Crippen LogP contribution in [0, 0.1) is 0 Å². The molecule has 1 saturated heterocycles. The number of carboxylic acid groups (broad SMARTS) is 1. The summed E-state index contributed by atoms with van der Waals surface area (Å²) in [5, 5.41) is 14.7. The summed E-state index contributed by atoms with van der Waals surface area (Å²) in [5.74, 6) is -1.47. The molecule has 1 amide bonds. The first kappa shape index (κ1) is 12.8. The normalized spacial score (nSPS) is 26.6. The van der Waals surface area contributed by atoms with E-state index in [0.29, 0.717) is 6.54 Å². The smallest absolute Gasteiger partial charge is 0.353 e. The van der Waals surface area contributed by atoms with Crippen LogP contribution in [0.2, 0.25) is 0 Å². The van der Waals surface area contributed by atoms with Crippen LogP contribution in [-0.2, 0) is 19.2 Å². The molecule has 0 aliphatic carbocycles. The van der Waals surface area contributed by atoms with Gasteiger partial charge in [0.25, 0.3) is 5.91 Å². The van der Waals surface area contributed by atoms with E-state index < -0.39 is 12.1 Å². The Kier molecular flexibility index (Phi) is 4.14. The van der Waals surface area contributed by atoms with Gasteiger partial charge in [-0.3, -0.25) is 4.79 Å². The molecule has 2 unspecified atom stereocenters. The van der Waals surface area contributed by atoms with Crippen molar-refractivity contribution in [3.05, 3.63) is 0 Å². The van der Waals surface area contributed by atoms with E-state index in [0.717, 1.165) is 25.9 Å². The molecule has 2 rings (SSSR count). The Labute approximate surface area is 104 Å². The summed E-state index contributed by atoms with van der Waals surface area (Å²) in [6.07, 6.45) is 2.29. The zero-order valence-electron chi connectivity index (χ0n) is 9.92. The SMILES string of the molecule is O=C(O)C1=NOC(C(=O)NCCC2CCCO2)C1. The Bertz CT molecular complexity index is 362. The molecule has 7 heteroatoms. The monoisotopic (exact) mass is 256 g/mol. The van der Waals surface area contributed by atoms with E-state index in [2.05, 4.69) is 10.5 Å². The highest BCUT2D eigenvalue weighted by molar-refractivity contribution is 6.36. The highest BCUT2D eigenvalue weighted by Gasteiger charge is 2.31. The summed E-state index contributed by atoms with van der Waals surface area (Å²) in [7, 11) is 0. The van der Waals surface area contributed by atoms with E-state index >= 15 is 0 Å². The number of hydrogen-bond donors (Lipinski definition) is 2. The van der Waals surface area contributed by atoms with Crippen LogP contribution in [-0.4, -0.2) is 48.1 Å². The first-order valence-electron chi connectivity index (χ1n) is 6.02. The van der Waals surface area contributed by atoms with Gasteiger partial charge in [0.2, 0.25) is 6.10 Å². The lowest BCUT2D eigenvalue weighted by Gasteiger charge is -2.12. The Balaban J connectivity index is 1.65. The first-order chi connectivity index (χ1) is 8.66. The predicted molar refractivity (Wildman–Crippen MR) is 61.2 cm³/mol. The minimum absolute atomic E-state index is 0.0150. The van der Waals surface area contributed by atoms with Gasteiger partial charge in [-0.1, -0.05) is 5.16 Å². The molecule has 2 atom stereocenters. The van der Waals surface area contributed by atoms with E-state index in [9.17, 15) is 9.59 Å². The van der Waals surface area contributed by atoms with Crippen molar-refractivity contribution < 1.29 is 24.3 Å². The van der Waals surface area contributed by atoms with E-state index in [-0.39, 0.29) is 24.1 Å². The minimum atomic E-state index is -1.15. The highest BCUT2D eigenvalue weighted by Crippen LogP contribution is 2.15. The topological polar surface area (TPSA) is 97.2 Å². The molecular formula is C11H16N2O5. The molecule has 0 aromatic carbocycles. The third kappa shape index (κ3) is 3.19. The molecule has 2 aliphatic heterocycles. The maximum absolute atomic E-state index is 11.6. The van der Waals surface area contributed by atoms with E-state index in [1.54, 1.807) is 0 Å². The van der Waals surface area contributed by atoms with Crippen molar-refractivity contribution >= 4 is 17.6 Å². The van der Waals surface area contributed by atoms with E-state index in [4.69, 9.17) is 14.7 Å². The molecule has 0 spiro atoms. The van der Waals surface area contributed by atoms with Gasteiger partial charge in [0.1, 0.15) is 0 Å². The third-order valence-electron chi connectivity index (χ3n) is 3.00. The number of nitrogens with one attached hydrogen (secondary N) is 1. The molecule has 2 N–H and O–H groups in total. The quantitative estimate of drug-likeness (QED) is 0.716. The summed E-state index contributed by atoms with van der Waals surface area (Å²) in [4.78, 5) is 27.0. The Morgan fingerprint density at radius 1 is 1.50 bits per heavy atom. The van der Waals surface area contributed by atoms with E-state index in [1.165, 1.54) is 0 Å². The molecule has 0 radical (unpaired) electrons. The second-order valence-corrected chi connectivity index (χ2v) is 4.36. The van der Waals surface area contributed by atoms with Crippen LogP contribution in [0.3, 0.4) is 0 Å². The Morgan fingerprint density at radius 2 is 2.33 bits per heavy atom. The lowest BCUT2D eigenvalue weighted by atomic mass is 10.1. The fraction of sp³-hybridized carbons (Fsp3) is 0.727. The maximum Gasteiger partial charge on any atom is 0.353 e. The van der Waals surface area contributed by atoms with Crippen molar-refractivity contribution in [1.29, 1.82) is 0 Å². The van der Waals surface area contributed by atoms with Crippen LogP contribution >= 0.6 is 0 Å². The molecule has 0 aromatic heterocycles. The zero-order valence-corrected chi connectivity index (χ0v) is 9.92. The number of oxime groups is 1. The number of aliphatic carboxylic acids is 1.